The average molecular weight is 264 g/mol. The minimum absolute atomic E-state index is 0.0171. The van der Waals surface area contributed by atoms with Crippen LogP contribution in [0.25, 0.3) is 0 Å². The molecule has 1 N–H and O–H groups in total. The zero-order valence-electron chi connectivity index (χ0n) is 11.2. The van der Waals surface area contributed by atoms with Gasteiger partial charge in [-0.1, -0.05) is 18.2 Å². The molecule has 1 fully saturated rings. The number of hydrogen-bond donors (Lipinski definition) is 1. The van der Waals surface area contributed by atoms with Crippen molar-refractivity contribution in [3.8, 4) is 0 Å². The zero-order chi connectivity index (χ0) is 13.7. The molecule has 2 rings (SSSR count). The fourth-order valence-corrected chi connectivity index (χ4v) is 2.34. The van der Waals surface area contributed by atoms with Crippen LogP contribution in [-0.4, -0.2) is 49.6 Å². The van der Waals surface area contributed by atoms with E-state index in [1.54, 1.807) is 12.0 Å². The van der Waals surface area contributed by atoms with Gasteiger partial charge in [0.05, 0.1) is 6.54 Å². The highest BCUT2D eigenvalue weighted by molar-refractivity contribution is 5.95. The molecule has 0 aromatic heterocycles. The smallest absolute Gasteiger partial charge is 0.246 e. The molecule has 0 aromatic rings. The van der Waals surface area contributed by atoms with Gasteiger partial charge in [-0.2, -0.15) is 0 Å². The van der Waals surface area contributed by atoms with Crippen LogP contribution in [0.15, 0.2) is 23.8 Å². The largest absolute Gasteiger partial charge is 0.385 e. The van der Waals surface area contributed by atoms with Crippen molar-refractivity contribution in [2.45, 2.75) is 25.3 Å². The number of rotatable bonds is 5. The molecule has 0 aromatic carbocycles. The van der Waals surface area contributed by atoms with E-state index in [4.69, 9.17) is 4.74 Å². The third kappa shape index (κ3) is 3.67. The van der Waals surface area contributed by atoms with Crippen molar-refractivity contribution in [3.05, 3.63) is 23.8 Å². The quantitative estimate of drug-likeness (QED) is 0.792. The highest BCUT2D eigenvalue weighted by Crippen LogP contribution is 2.14. The van der Waals surface area contributed by atoms with E-state index in [2.05, 4.69) is 17.5 Å². The maximum atomic E-state index is 12.3. The van der Waals surface area contributed by atoms with E-state index >= 15 is 0 Å². The third-order valence-corrected chi connectivity index (χ3v) is 3.34. The van der Waals surface area contributed by atoms with Gasteiger partial charge < -0.3 is 15.0 Å². The number of carbonyl (C=O) groups is 2. The summed E-state index contributed by atoms with van der Waals surface area (Å²) in [6.45, 7) is 1.13. The number of piperazine rings is 1. The Morgan fingerprint density at radius 2 is 2.26 bits per heavy atom. The Kier molecular flexibility index (Phi) is 4.74. The van der Waals surface area contributed by atoms with Crippen LogP contribution in [0, 0.1) is 0 Å². The van der Waals surface area contributed by atoms with Crippen LogP contribution in [0.3, 0.4) is 0 Å². The first kappa shape index (κ1) is 13.8. The van der Waals surface area contributed by atoms with Crippen molar-refractivity contribution in [2.75, 3.05) is 26.8 Å². The maximum Gasteiger partial charge on any atom is 0.246 e. The summed E-state index contributed by atoms with van der Waals surface area (Å²) in [6.07, 6.45) is 8.84. The number of allylic oxidation sites excluding steroid dienone is 2. The van der Waals surface area contributed by atoms with E-state index < -0.39 is 6.04 Å². The Bertz CT molecular complexity index is 415. The van der Waals surface area contributed by atoms with Crippen molar-refractivity contribution in [2.24, 2.45) is 0 Å². The minimum atomic E-state index is -0.450. The number of amides is 2. The van der Waals surface area contributed by atoms with Gasteiger partial charge >= 0.3 is 0 Å². The number of nitrogens with zero attached hydrogens (tertiary/aromatic N) is 1. The number of ether oxygens (including phenoxy) is 1. The fraction of sp³-hybridized carbons (Fsp3) is 0.571. The second-order valence-electron chi connectivity index (χ2n) is 4.85. The minimum Gasteiger partial charge on any atom is -0.385 e. The van der Waals surface area contributed by atoms with Gasteiger partial charge in [-0.05, 0) is 24.8 Å². The Morgan fingerprint density at radius 1 is 1.42 bits per heavy atom. The predicted molar refractivity (Wildman–Crippen MR) is 71.5 cm³/mol. The van der Waals surface area contributed by atoms with Crippen LogP contribution in [0.2, 0.25) is 0 Å². The normalized spacial score (nSPS) is 23.3. The van der Waals surface area contributed by atoms with Gasteiger partial charge in [0, 0.05) is 20.3 Å². The highest BCUT2D eigenvalue weighted by Gasteiger charge is 2.32. The number of nitrogens with one attached hydrogen (secondary N) is 1. The summed E-state index contributed by atoms with van der Waals surface area (Å²) in [6, 6.07) is -0.450. The van der Waals surface area contributed by atoms with Gasteiger partial charge in [-0.25, -0.2) is 0 Å². The lowest BCUT2D eigenvalue weighted by atomic mass is 10.0. The molecule has 1 aliphatic carbocycles. The standard InChI is InChI=1S/C14H20N2O3/c1-19-8-7-12-14(18)16(10-13(17)15-12)9-11-5-3-2-4-6-11/h3,5-6,12H,2,4,7-10H2,1H3,(H,15,17). The van der Waals surface area contributed by atoms with Crippen LogP contribution in [0.5, 0.6) is 0 Å². The van der Waals surface area contributed by atoms with Crippen LogP contribution >= 0.6 is 0 Å². The summed E-state index contributed by atoms with van der Waals surface area (Å²) in [5.74, 6) is -0.113. The number of hydrogen-bond acceptors (Lipinski definition) is 3. The second kappa shape index (κ2) is 6.52. The van der Waals surface area contributed by atoms with Crippen molar-refractivity contribution < 1.29 is 14.3 Å². The molecule has 104 valence electrons. The van der Waals surface area contributed by atoms with Crippen molar-refractivity contribution in [3.63, 3.8) is 0 Å². The SMILES string of the molecule is COCCC1NC(=O)CN(CC2=CCCC=C2)C1=O. The molecule has 0 radical (unpaired) electrons. The summed E-state index contributed by atoms with van der Waals surface area (Å²) < 4.78 is 4.97. The first-order valence-corrected chi connectivity index (χ1v) is 6.63. The molecule has 5 heteroatoms. The van der Waals surface area contributed by atoms with Crippen molar-refractivity contribution >= 4 is 11.8 Å². The molecule has 1 atom stereocenters. The summed E-state index contributed by atoms with van der Waals surface area (Å²) in [5, 5.41) is 2.72. The van der Waals surface area contributed by atoms with Crippen LogP contribution < -0.4 is 5.32 Å². The molecule has 1 aliphatic heterocycles. The van der Waals surface area contributed by atoms with Gasteiger partial charge in [0.2, 0.25) is 11.8 Å². The van der Waals surface area contributed by atoms with E-state index in [0.29, 0.717) is 19.6 Å². The van der Waals surface area contributed by atoms with Crippen LogP contribution in [0.1, 0.15) is 19.3 Å². The van der Waals surface area contributed by atoms with E-state index in [0.717, 1.165) is 18.4 Å². The molecule has 1 saturated heterocycles. The van der Waals surface area contributed by atoms with Crippen LogP contribution in [-0.2, 0) is 14.3 Å². The predicted octanol–water partition coefficient (Wildman–Crippen LogP) is 0.626. The van der Waals surface area contributed by atoms with Crippen LogP contribution in [0.4, 0.5) is 0 Å². The first-order valence-electron chi connectivity index (χ1n) is 6.63. The Labute approximate surface area is 113 Å². The summed E-state index contributed by atoms with van der Waals surface area (Å²) in [7, 11) is 1.59. The van der Waals surface area contributed by atoms with Gasteiger partial charge in [-0.15, -0.1) is 0 Å². The number of methoxy groups -OCH3 is 1. The van der Waals surface area contributed by atoms with E-state index in [1.807, 2.05) is 6.08 Å². The lowest BCUT2D eigenvalue weighted by Crippen LogP contribution is -2.58. The number of carbonyl (C=O) groups excluding carboxylic acids is 2. The molecule has 0 bridgehead atoms. The lowest BCUT2D eigenvalue weighted by molar-refractivity contribution is -0.144. The Balaban J connectivity index is 1.98. The second-order valence-corrected chi connectivity index (χ2v) is 4.85. The first-order chi connectivity index (χ1) is 9.20. The third-order valence-electron chi connectivity index (χ3n) is 3.34. The monoisotopic (exact) mass is 264 g/mol. The molecule has 2 amide bonds. The Hall–Kier alpha value is -1.62. The maximum absolute atomic E-state index is 12.3. The molecule has 0 spiro atoms. The molecule has 2 aliphatic rings. The highest BCUT2D eigenvalue weighted by atomic mass is 16.5. The van der Waals surface area contributed by atoms with Gasteiger partial charge in [0.25, 0.3) is 0 Å². The fourth-order valence-electron chi connectivity index (χ4n) is 2.34. The Morgan fingerprint density at radius 3 is 2.95 bits per heavy atom. The summed E-state index contributed by atoms with van der Waals surface area (Å²) in [4.78, 5) is 25.5. The molecular weight excluding hydrogens is 244 g/mol. The van der Waals surface area contributed by atoms with Gasteiger partial charge in [0.1, 0.15) is 6.04 Å². The summed E-state index contributed by atoms with van der Waals surface area (Å²) >= 11 is 0. The van der Waals surface area contributed by atoms with Gasteiger partial charge in [0.15, 0.2) is 0 Å². The summed E-state index contributed by atoms with van der Waals surface area (Å²) in [5.41, 5.74) is 1.11. The molecule has 1 unspecified atom stereocenters. The zero-order valence-corrected chi connectivity index (χ0v) is 11.2. The average Bonchev–Trinajstić information content (AvgIpc) is 2.42. The van der Waals surface area contributed by atoms with Crippen molar-refractivity contribution in [1.29, 1.82) is 0 Å². The van der Waals surface area contributed by atoms with Gasteiger partial charge in [-0.3, -0.25) is 9.59 Å². The van der Waals surface area contributed by atoms with E-state index in [9.17, 15) is 9.59 Å². The molecule has 1 heterocycles. The van der Waals surface area contributed by atoms with E-state index in [-0.39, 0.29) is 18.4 Å². The molecule has 5 nitrogen and oxygen atoms in total. The molecular formula is C14H20N2O3. The lowest BCUT2D eigenvalue weighted by Gasteiger charge is -2.33. The van der Waals surface area contributed by atoms with Crippen molar-refractivity contribution in [1.82, 2.24) is 10.2 Å². The molecule has 19 heavy (non-hydrogen) atoms. The molecule has 0 saturated carbocycles. The van der Waals surface area contributed by atoms with E-state index in [1.165, 1.54) is 0 Å². The topological polar surface area (TPSA) is 58.6 Å².